The van der Waals surface area contributed by atoms with Gasteiger partial charge in [0.1, 0.15) is 11.9 Å². The lowest BCUT2D eigenvalue weighted by atomic mass is 10.1. The number of aryl methyl sites for hydroxylation is 1. The molecule has 1 heterocycles. The summed E-state index contributed by atoms with van der Waals surface area (Å²) in [4.78, 5) is 2.70. The zero-order valence-electron chi connectivity index (χ0n) is 16.0. The van der Waals surface area contributed by atoms with Crippen molar-refractivity contribution in [3.05, 3.63) is 63.4 Å². The molecule has 5 nitrogen and oxygen atoms in total. The van der Waals surface area contributed by atoms with Crippen LogP contribution in [0.5, 0.6) is 0 Å². The van der Waals surface area contributed by atoms with Gasteiger partial charge in [0.05, 0.1) is 20.5 Å². The molecule has 1 aliphatic rings. The third kappa shape index (κ3) is 5.24. The Morgan fingerprint density at radius 2 is 1.74 bits per heavy atom. The van der Waals surface area contributed by atoms with Crippen molar-refractivity contribution in [3.8, 4) is 0 Å². The van der Waals surface area contributed by atoms with E-state index in [0.29, 0.717) is 0 Å². The van der Waals surface area contributed by atoms with Crippen molar-refractivity contribution in [2.45, 2.75) is 36.9 Å². The second-order valence-corrected chi connectivity index (χ2v) is 9.46. The van der Waals surface area contributed by atoms with Gasteiger partial charge in [-0.05, 0) is 44.0 Å². The van der Waals surface area contributed by atoms with Crippen LogP contribution in [-0.2, 0) is 10.0 Å². The number of likely N-dealkylation sites (tertiary alicyclic amines) is 1. The number of hydrazone groups is 1. The molecule has 0 amide bonds. The highest BCUT2D eigenvalue weighted by molar-refractivity contribution is 7.89. The van der Waals surface area contributed by atoms with E-state index in [4.69, 9.17) is 23.2 Å². The number of hydrogen-bond acceptors (Lipinski definition) is 3. The number of hydrogen-bond donors (Lipinski definition) is 1. The van der Waals surface area contributed by atoms with Gasteiger partial charge < -0.3 is 4.90 Å². The van der Waals surface area contributed by atoms with Gasteiger partial charge in [0, 0.05) is 6.54 Å². The van der Waals surface area contributed by atoms with Crippen LogP contribution < -0.4 is 4.83 Å². The highest BCUT2D eigenvalue weighted by Crippen LogP contribution is 2.36. The summed E-state index contributed by atoms with van der Waals surface area (Å²) in [6, 6.07) is 5.60. The Morgan fingerprint density at radius 3 is 2.29 bits per heavy atom. The Hall–Kier alpha value is -2.04. The first-order chi connectivity index (χ1) is 14.4. The lowest BCUT2D eigenvalue weighted by molar-refractivity contribution is -0.166. The van der Waals surface area contributed by atoms with E-state index in [1.807, 2.05) is 4.83 Å². The van der Waals surface area contributed by atoms with Crippen LogP contribution in [-0.4, -0.2) is 37.9 Å². The monoisotopic (exact) mass is 497 g/mol. The molecular weight excluding hydrogens is 481 g/mol. The predicted molar refractivity (Wildman–Crippen MR) is 110 cm³/mol. The number of rotatable bonds is 4. The second kappa shape index (κ2) is 8.84. The van der Waals surface area contributed by atoms with Gasteiger partial charge in [0.2, 0.25) is 0 Å². The summed E-state index contributed by atoms with van der Waals surface area (Å²) >= 11 is 12.1. The van der Waals surface area contributed by atoms with Crippen molar-refractivity contribution in [1.29, 1.82) is 0 Å². The number of alkyl halides is 3. The highest BCUT2D eigenvalue weighted by atomic mass is 35.5. The number of amidine groups is 1. The molecular formula is C19H17Cl2F4N3O2S. The van der Waals surface area contributed by atoms with Crippen molar-refractivity contribution >= 4 is 39.1 Å². The molecule has 0 radical (unpaired) electrons. The number of sulfonamides is 1. The molecule has 0 saturated carbocycles. The molecule has 31 heavy (non-hydrogen) atoms. The molecule has 1 fully saturated rings. The number of benzene rings is 2. The Morgan fingerprint density at radius 1 is 1.16 bits per heavy atom. The molecule has 0 spiro atoms. The lowest BCUT2D eigenvalue weighted by Crippen LogP contribution is -2.46. The normalized spacial score (nSPS) is 17.8. The fraction of sp³-hybridized carbons (Fsp3) is 0.316. The van der Waals surface area contributed by atoms with E-state index < -0.39 is 33.9 Å². The van der Waals surface area contributed by atoms with Crippen LogP contribution in [0.3, 0.4) is 0 Å². The summed E-state index contributed by atoms with van der Waals surface area (Å²) in [7, 11) is -4.20. The van der Waals surface area contributed by atoms with Gasteiger partial charge in [0.25, 0.3) is 10.0 Å². The van der Waals surface area contributed by atoms with Crippen molar-refractivity contribution in [2.24, 2.45) is 5.10 Å². The van der Waals surface area contributed by atoms with Crippen molar-refractivity contribution in [2.75, 3.05) is 6.54 Å². The molecule has 1 N–H and O–H groups in total. The molecule has 2 aromatic carbocycles. The maximum absolute atomic E-state index is 13.6. The van der Waals surface area contributed by atoms with Crippen molar-refractivity contribution in [1.82, 2.24) is 9.73 Å². The number of nitrogens with zero attached hydrogens (tertiary/aromatic N) is 2. The van der Waals surface area contributed by atoms with E-state index in [-0.39, 0.29) is 39.9 Å². The van der Waals surface area contributed by atoms with E-state index >= 15 is 0 Å². The molecule has 2 aromatic rings. The summed E-state index contributed by atoms with van der Waals surface area (Å²) in [5.74, 6) is -1.24. The van der Waals surface area contributed by atoms with Gasteiger partial charge in [-0.1, -0.05) is 40.9 Å². The molecule has 0 bridgehead atoms. The third-order valence-electron chi connectivity index (χ3n) is 4.74. The minimum Gasteiger partial charge on any atom is -0.343 e. The van der Waals surface area contributed by atoms with E-state index in [0.717, 1.165) is 22.6 Å². The molecule has 1 unspecified atom stereocenters. The molecule has 1 atom stereocenters. The maximum Gasteiger partial charge on any atom is 0.408 e. The van der Waals surface area contributed by atoms with E-state index in [2.05, 4.69) is 5.10 Å². The molecule has 3 rings (SSSR count). The first-order valence-electron chi connectivity index (χ1n) is 9.04. The minimum absolute atomic E-state index is 0.0701. The minimum atomic E-state index is -4.61. The first-order valence-corrected chi connectivity index (χ1v) is 11.3. The summed E-state index contributed by atoms with van der Waals surface area (Å²) in [6.07, 6.45) is -4.64. The Bertz CT molecular complexity index is 1080. The van der Waals surface area contributed by atoms with Gasteiger partial charge in [-0.15, -0.1) is 5.10 Å². The fourth-order valence-electron chi connectivity index (χ4n) is 3.25. The Balaban J connectivity index is 2.09. The van der Waals surface area contributed by atoms with Crippen molar-refractivity contribution < 1.29 is 26.0 Å². The fourth-order valence-corrected chi connectivity index (χ4v) is 4.69. The summed E-state index contributed by atoms with van der Waals surface area (Å²) in [5.41, 5.74) is 0.616. The van der Waals surface area contributed by atoms with Gasteiger partial charge in [-0.25, -0.2) is 4.39 Å². The van der Waals surface area contributed by atoms with Crippen LogP contribution in [0.15, 0.2) is 46.4 Å². The SMILES string of the molecule is Cc1ccc(S(=O)(=O)N/N=C(\c2c(Cl)cc(F)cc2Cl)N2CCCC2C(F)(F)F)cc1. The average Bonchev–Trinajstić information content (AvgIpc) is 3.14. The van der Waals surface area contributed by atoms with Crippen LogP contribution in [0.25, 0.3) is 0 Å². The van der Waals surface area contributed by atoms with Crippen LogP contribution in [0.1, 0.15) is 24.0 Å². The predicted octanol–water partition coefficient (Wildman–Crippen LogP) is 5.11. The van der Waals surface area contributed by atoms with Gasteiger partial charge in [-0.2, -0.15) is 26.4 Å². The Kier molecular flexibility index (Phi) is 6.73. The number of halogens is 6. The topological polar surface area (TPSA) is 61.8 Å². The molecule has 1 saturated heterocycles. The van der Waals surface area contributed by atoms with Gasteiger partial charge >= 0.3 is 6.18 Å². The largest absolute Gasteiger partial charge is 0.408 e. The Labute approximate surface area is 186 Å². The van der Waals surface area contributed by atoms with E-state index in [1.165, 1.54) is 12.1 Å². The molecule has 168 valence electrons. The average molecular weight is 498 g/mol. The zero-order valence-corrected chi connectivity index (χ0v) is 18.4. The molecule has 1 aliphatic heterocycles. The standard InChI is InChI=1S/C19H17Cl2F4N3O2S/c1-11-4-6-13(7-5-11)31(29,30)27-26-18(17-14(20)9-12(22)10-15(17)21)28-8-2-3-16(28)19(23,24)25/h4-7,9-10,16,27H,2-3,8H2,1H3/b26-18+. The van der Waals surface area contributed by atoms with Gasteiger partial charge in [-0.3, -0.25) is 0 Å². The summed E-state index contributed by atoms with van der Waals surface area (Å²) in [5, 5.41) is 3.18. The van der Waals surface area contributed by atoms with Crippen molar-refractivity contribution in [3.63, 3.8) is 0 Å². The first kappa shape index (κ1) is 23.6. The smallest absolute Gasteiger partial charge is 0.343 e. The van der Waals surface area contributed by atoms with Crippen LogP contribution >= 0.6 is 23.2 Å². The molecule has 12 heteroatoms. The molecule has 0 aromatic heterocycles. The third-order valence-corrected chi connectivity index (χ3v) is 6.56. The summed E-state index contributed by atoms with van der Waals surface area (Å²) in [6.45, 7) is 1.70. The quantitative estimate of drug-likeness (QED) is 0.276. The van der Waals surface area contributed by atoms with Gasteiger partial charge in [0.15, 0.2) is 5.84 Å². The lowest BCUT2D eigenvalue weighted by Gasteiger charge is -2.30. The van der Waals surface area contributed by atoms with Crippen LogP contribution in [0.2, 0.25) is 10.0 Å². The maximum atomic E-state index is 13.6. The zero-order chi connectivity index (χ0) is 23.0. The second-order valence-electron chi connectivity index (χ2n) is 6.98. The van der Waals surface area contributed by atoms with Crippen LogP contribution in [0, 0.1) is 12.7 Å². The van der Waals surface area contributed by atoms with E-state index in [9.17, 15) is 26.0 Å². The highest BCUT2D eigenvalue weighted by Gasteiger charge is 2.47. The summed E-state index contributed by atoms with van der Waals surface area (Å²) < 4.78 is 79.6. The van der Waals surface area contributed by atoms with E-state index in [1.54, 1.807) is 19.1 Å². The van der Waals surface area contributed by atoms with Crippen LogP contribution in [0.4, 0.5) is 17.6 Å². The molecule has 0 aliphatic carbocycles. The number of nitrogens with one attached hydrogen (secondary N) is 1.